The van der Waals surface area contributed by atoms with E-state index in [9.17, 15) is 18.0 Å². The molecule has 0 bridgehead atoms. The van der Waals surface area contributed by atoms with E-state index in [1.807, 2.05) is 19.1 Å². The summed E-state index contributed by atoms with van der Waals surface area (Å²) in [6.07, 6.45) is 2.02. The van der Waals surface area contributed by atoms with Gasteiger partial charge < -0.3 is 21.3 Å². The molecule has 3 heterocycles. The number of aryl methyl sites for hydroxylation is 1. The highest BCUT2D eigenvalue weighted by Crippen LogP contribution is 2.36. The van der Waals surface area contributed by atoms with E-state index in [1.165, 1.54) is 10.9 Å². The van der Waals surface area contributed by atoms with Gasteiger partial charge in [-0.2, -0.15) is 13.2 Å². The average molecular weight is 551 g/mol. The minimum Gasteiger partial charge on any atom is -0.387 e. The molecule has 0 saturated carbocycles. The van der Waals surface area contributed by atoms with Crippen LogP contribution in [0.2, 0.25) is 0 Å². The molecule has 1 aliphatic rings. The predicted molar refractivity (Wildman–Crippen MR) is 147 cm³/mol. The minimum absolute atomic E-state index is 0.0317. The van der Waals surface area contributed by atoms with Gasteiger partial charge >= 0.3 is 6.18 Å². The van der Waals surface area contributed by atoms with Gasteiger partial charge in [-0.1, -0.05) is 19.4 Å². The number of amidine groups is 1. The number of alkyl halides is 3. The molecule has 0 radical (unpaired) electrons. The molecule has 0 fully saturated rings. The van der Waals surface area contributed by atoms with Crippen LogP contribution in [0.1, 0.15) is 65.7 Å². The Labute approximate surface area is 226 Å². The lowest BCUT2D eigenvalue weighted by atomic mass is 10.1. The molecular weight excluding hydrogens is 513 g/mol. The number of aromatic nitrogens is 1. The summed E-state index contributed by atoms with van der Waals surface area (Å²) >= 11 is 1.59. The molecule has 0 saturated heterocycles. The van der Waals surface area contributed by atoms with Gasteiger partial charge in [0, 0.05) is 30.0 Å². The minimum atomic E-state index is -4.59. The summed E-state index contributed by atoms with van der Waals surface area (Å²) in [4.78, 5) is 27.3. The second-order valence-corrected chi connectivity index (χ2v) is 11.0. The number of amides is 1. The van der Waals surface area contributed by atoms with Crippen LogP contribution in [0, 0.1) is 0 Å². The van der Waals surface area contributed by atoms with Crippen LogP contribution in [-0.2, 0) is 30.5 Å². The zero-order chi connectivity index (χ0) is 27.9. The fourth-order valence-electron chi connectivity index (χ4n) is 4.37. The number of carbonyl (C=O) groups is 1. The number of nitrogens with two attached hydrogens (primary N) is 2. The summed E-state index contributed by atoms with van der Waals surface area (Å²) in [6.45, 7) is 3.05. The fourth-order valence-corrected chi connectivity index (χ4v) is 5.48. The number of hydrogen-bond acceptors (Lipinski definition) is 7. The van der Waals surface area contributed by atoms with E-state index in [0.717, 1.165) is 36.2 Å². The van der Waals surface area contributed by atoms with Crippen LogP contribution in [0.5, 0.6) is 0 Å². The van der Waals surface area contributed by atoms with Crippen LogP contribution in [0.25, 0.3) is 6.08 Å². The maximum atomic E-state index is 13.8. The van der Waals surface area contributed by atoms with Gasteiger partial charge in [-0.3, -0.25) is 4.79 Å². The number of thiophene rings is 1. The number of halogens is 3. The highest BCUT2D eigenvalue weighted by atomic mass is 32.1. The largest absolute Gasteiger partial charge is 0.433 e. The normalized spacial score (nSPS) is 13.7. The maximum absolute atomic E-state index is 13.8. The van der Waals surface area contributed by atoms with Gasteiger partial charge in [0.2, 0.25) is 0 Å². The molecule has 1 aliphatic heterocycles. The van der Waals surface area contributed by atoms with Gasteiger partial charge in [0.15, 0.2) is 0 Å². The van der Waals surface area contributed by atoms with E-state index in [4.69, 9.17) is 11.5 Å². The van der Waals surface area contributed by atoms with Crippen molar-refractivity contribution < 1.29 is 18.0 Å². The van der Waals surface area contributed by atoms with Crippen molar-refractivity contribution in [1.82, 2.24) is 14.8 Å². The summed E-state index contributed by atoms with van der Waals surface area (Å²) < 4.78 is 41.3. The van der Waals surface area contributed by atoms with Gasteiger partial charge in [0.25, 0.3) is 5.91 Å². The Bertz CT molecular complexity index is 1170. The predicted octanol–water partition coefficient (Wildman–Crippen LogP) is 5.11. The van der Waals surface area contributed by atoms with Gasteiger partial charge in [0.05, 0.1) is 22.8 Å². The number of aliphatic imine (C=N–C) groups is 1. The van der Waals surface area contributed by atoms with E-state index in [2.05, 4.69) is 9.98 Å². The monoisotopic (exact) mass is 550 g/mol. The molecule has 38 heavy (non-hydrogen) atoms. The van der Waals surface area contributed by atoms with Crippen LogP contribution in [0.3, 0.4) is 0 Å². The number of carbonyl (C=O) groups excluding carboxylic acids is 1. The lowest BCUT2D eigenvalue weighted by molar-refractivity contribution is -0.142. The van der Waals surface area contributed by atoms with Crippen molar-refractivity contribution in [2.45, 2.75) is 64.7 Å². The van der Waals surface area contributed by atoms with Crippen molar-refractivity contribution >= 4 is 34.8 Å². The Morgan fingerprint density at radius 3 is 2.58 bits per heavy atom. The molecule has 0 aliphatic carbocycles. The SMILES string of the molecule is CCCN(Cc1ccc(CN(C)C)c(C(F)(F)F)n1)C(=O)C1=Cc2sc(CCCCCN)cc2N=C(N)C1. The summed E-state index contributed by atoms with van der Waals surface area (Å²) in [5.74, 6) is 0.0567. The fraction of sp³-hybridized carbons (Fsp3) is 0.519. The highest BCUT2D eigenvalue weighted by molar-refractivity contribution is 7.13. The van der Waals surface area contributed by atoms with Gasteiger partial charge in [-0.25, -0.2) is 9.98 Å². The summed E-state index contributed by atoms with van der Waals surface area (Å²) in [7, 11) is 3.41. The number of hydrogen-bond donors (Lipinski definition) is 2. The molecule has 0 spiro atoms. The number of rotatable bonds is 12. The number of fused-ring (bicyclic) bond motifs is 1. The molecule has 0 aromatic carbocycles. The van der Waals surface area contributed by atoms with Crippen molar-refractivity contribution in [1.29, 1.82) is 0 Å². The van der Waals surface area contributed by atoms with Crippen LogP contribution < -0.4 is 11.5 Å². The first-order chi connectivity index (χ1) is 18.0. The van der Waals surface area contributed by atoms with Crippen molar-refractivity contribution in [3.8, 4) is 0 Å². The second kappa shape index (κ2) is 13.3. The van der Waals surface area contributed by atoms with Crippen LogP contribution in [-0.4, -0.2) is 53.7 Å². The molecule has 11 heteroatoms. The Kier molecular flexibility index (Phi) is 10.5. The van der Waals surface area contributed by atoms with E-state index in [1.54, 1.807) is 41.3 Å². The molecular formula is C27H37F3N6OS. The van der Waals surface area contributed by atoms with E-state index in [0.29, 0.717) is 30.9 Å². The maximum Gasteiger partial charge on any atom is 0.433 e. The first kappa shape index (κ1) is 29.8. The van der Waals surface area contributed by atoms with Gasteiger partial charge in [-0.15, -0.1) is 11.3 Å². The Morgan fingerprint density at radius 2 is 1.92 bits per heavy atom. The molecule has 2 aromatic heterocycles. The number of nitrogens with zero attached hydrogens (tertiary/aromatic N) is 4. The lowest BCUT2D eigenvalue weighted by Gasteiger charge is -2.24. The van der Waals surface area contributed by atoms with Crippen LogP contribution >= 0.6 is 11.3 Å². The Balaban J connectivity index is 1.85. The molecule has 7 nitrogen and oxygen atoms in total. The third-order valence-electron chi connectivity index (χ3n) is 6.06. The molecule has 3 rings (SSSR count). The summed E-state index contributed by atoms with van der Waals surface area (Å²) in [5.41, 5.74) is 12.3. The third kappa shape index (κ3) is 8.12. The third-order valence-corrected chi connectivity index (χ3v) is 7.19. The molecule has 0 unspecified atom stereocenters. The smallest absolute Gasteiger partial charge is 0.387 e. The molecule has 4 N–H and O–H groups in total. The lowest BCUT2D eigenvalue weighted by Crippen LogP contribution is -2.34. The molecule has 1 amide bonds. The van der Waals surface area contributed by atoms with E-state index in [-0.39, 0.29) is 36.7 Å². The zero-order valence-corrected chi connectivity index (χ0v) is 23.1. The van der Waals surface area contributed by atoms with Gasteiger partial charge in [-0.05, 0) is 70.1 Å². The molecule has 208 valence electrons. The summed E-state index contributed by atoms with van der Waals surface area (Å²) in [6, 6.07) is 5.03. The summed E-state index contributed by atoms with van der Waals surface area (Å²) in [5, 5.41) is 0. The average Bonchev–Trinajstić information content (AvgIpc) is 3.13. The quantitative estimate of drug-likeness (QED) is 0.358. The van der Waals surface area contributed by atoms with Gasteiger partial charge in [0.1, 0.15) is 11.5 Å². The first-order valence-electron chi connectivity index (χ1n) is 12.9. The molecule has 0 atom stereocenters. The number of unbranched alkanes of at least 4 members (excludes halogenated alkanes) is 2. The Hall–Kier alpha value is -2.76. The first-order valence-corrected chi connectivity index (χ1v) is 13.7. The van der Waals surface area contributed by atoms with Crippen molar-refractivity contribution in [2.75, 3.05) is 27.2 Å². The standard InChI is InChI=1S/C27H37F3N6OS/c1-4-12-36(17-20-10-9-18(16-35(2)3)25(33-20)27(28,29)30)26(37)19-13-23-22(34-24(32)14-19)15-21(38-23)8-6-5-7-11-31/h9-10,13,15H,4-8,11-12,14,16-17,31H2,1-3H3,(H2,32,34). The van der Waals surface area contributed by atoms with E-state index < -0.39 is 11.9 Å². The van der Waals surface area contributed by atoms with Crippen LogP contribution in [0.15, 0.2) is 28.8 Å². The molecule has 2 aromatic rings. The van der Waals surface area contributed by atoms with Crippen LogP contribution in [0.4, 0.5) is 18.9 Å². The number of pyridine rings is 1. The highest BCUT2D eigenvalue weighted by Gasteiger charge is 2.36. The second-order valence-electron chi connectivity index (χ2n) is 9.78. The van der Waals surface area contributed by atoms with Crippen molar-refractivity contribution in [2.24, 2.45) is 16.5 Å². The zero-order valence-electron chi connectivity index (χ0n) is 22.3. The van der Waals surface area contributed by atoms with Crippen molar-refractivity contribution in [3.05, 3.63) is 50.5 Å². The van der Waals surface area contributed by atoms with E-state index >= 15 is 0 Å². The topological polar surface area (TPSA) is 101 Å². The van der Waals surface area contributed by atoms with Crippen molar-refractivity contribution in [3.63, 3.8) is 0 Å². The Morgan fingerprint density at radius 1 is 1.16 bits per heavy atom.